The summed E-state index contributed by atoms with van der Waals surface area (Å²) in [7, 11) is 0. The number of fused-ring (bicyclic) bond motifs is 5. The van der Waals surface area contributed by atoms with Crippen LogP contribution in [0.25, 0.3) is 88.5 Å². The van der Waals surface area contributed by atoms with Gasteiger partial charge in [0.15, 0.2) is 17.5 Å². The van der Waals surface area contributed by atoms with Crippen LogP contribution in [-0.4, -0.2) is 15.0 Å². The molecule has 0 bridgehead atoms. The Morgan fingerprint density at radius 1 is 0.392 bits per heavy atom. The van der Waals surface area contributed by atoms with Gasteiger partial charge in [-0.2, -0.15) is 0 Å². The van der Waals surface area contributed by atoms with E-state index in [0.29, 0.717) is 17.5 Å². The number of aromatic nitrogens is 3. The molecule has 0 N–H and O–H groups in total. The minimum Gasteiger partial charge on any atom is -0.456 e. The number of hydrogen-bond donors (Lipinski definition) is 0. The third-order valence-electron chi connectivity index (χ3n) is 10.0. The topological polar surface area (TPSA) is 51.8 Å². The molecular formula is C47H31N3O. The van der Waals surface area contributed by atoms with E-state index in [2.05, 4.69) is 158 Å². The molecule has 0 saturated heterocycles. The standard InChI is InChI=1S/C47H31N3O/c1-2-10-30(11-3-1)39-28-41(44-40-16-8-9-17-42(40)51-43(44)29-39)33-20-22-34(23-21-33)45-48-46(37-24-18-31-12-4-6-14-35(31)26-37)50-47(49-45)38-25-19-32-13-5-7-15-36(32)27-38/h1-20,22,24-29H,21,23H2. The number of hydrogen-bond acceptors (Lipinski definition) is 4. The highest BCUT2D eigenvalue weighted by Crippen LogP contribution is 2.41. The molecule has 0 radical (unpaired) electrons. The first-order chi connectivity index (χ1) is 25.2. The van der Waals surface area contributed by atoms with Crippen molar-refractivity contribution >= 4 is 54.6 Å². The van der Waals surface area contributed by atoms with Gasteiger partial charge < -0.3 is 4.42 Å². The first-order valence-corrected chi connectivity index (χ1v) is 17.4. The van der Waals surface area contributed by atoms with Crippen LogP contribution in [0, 0.1) is 0 Å². The van der Waals surface area contributed by atoms with Crippen molar-refractivity contribution in [2.75, 3.05) is 0 Å². The lowest BCUT2D eigenvalue weighted by molar-refractivity contribution is 0.669. The molecule has 4 heteroatoms. The second-order valence-electron chi connectivity index (χ2n) is 13.2. The number of allylic oxidation sites excluding steroid dienone is 4. The molecular weight excluding hydrogens is 623 g/mol. The molecule has 1 aliphatic carbocycles. The first kappa shape index (κ1) is 29.3. The Labute approximate surface area is 295 Å². The third-order valence-corrected chi connectivity index (χ3v) is 10.0. The maximum absolute atomic E-state index is 6.43. The SMILES string of the molecule is C1=C(c2nc(-c3ccc4ccccc4c3)nc(-c3ccc4ccccc4c3)n2)CCC(c2cc(-c3ccccc3)cc3oc4ccccc4c23)=C1. The number of benzene rings is 7. The molecule has 0 atom stereocenters. The lowest BCUT2D eigenvalue weighted by Crippen LogP contribution is -2.04. The molecule has 2 heterocycles. The minimum absolute atomic E-state index is 0.673. The van der Waals surface area contributed by atoms with Crippen LogP contribution in [0.5, 0.6) is 0 Å². The van der Waals surface area contributed by atoms with E-state index < -0.39 is 0 Å². The zero-order valence-electron chi connectivity index (χ0n) is 27.8. The van der Waals surface area contributed by atoms with Crippen molar-refractivity contribution in [2.45, 2.75) is 12.8 Å². The van der Waals surface area contributed by atoms with Crippen molar-refractivity contribution in [3.63, 3.8) is 0 Å². The highest BCUT2D eigenvalue weighted by atomic mass is 16.3. The predicted molar refractivity (Wildman–Crippen MR) is 210 cm³/mol. The van der Waals surface area contributed by atoms with E-state index in [1.807, 2.05) is 6.07 Å². The largest absolute Gasteiger partial charge is 0.456 e. The van der Waals surface area contributed by atoms with Crippen LogP contribution < -0.4 is 0 Å². The number of furan rings is 1. The highest BCUT2D eigenvalue weighted by molar-refractivity contribution is 6.11. The summed E-state index contributed by atoms with van der Waals surface area (Å²) in [5.74, 6) is 2.06. The van der Waals surface area contributed by atoms with Crippen LogP contribution in [0.2, 0.25) is 0 Å². The van der Waals surface area contributed by atoms with E-state index in [0.717, 1.165) is 67.8 Å². The average Bonchev–Trinajstić information content (AvgIpc) is 3.59. The number of nitrogens with zero attached hydrogens (tertiary/aromatic N) is 3. The maximum atomic E-state index is 6.43. The van der Waals surface area contributed by atoms with Gasteiger partial charge >= 0.3 is 0 Å². The second-order valence-corrected chi connectivity index (χ2v) is 13.2. The second kappa shape index (κ2) is 12.0. The quantitative estimate of drug-likeness (QED) is 0.185. The summed E-state index contributed by atoms with van der Waals surface area (Å²) in [6, 6.07) is 53.0. The Hall–Kier alpha value is -6.65. The average molecular weight is 654 g/mol. The summed E-state index contributed by atoms with van der Waals surface area (Å²) in [5, 5.41) is 6.98. The minimum atomic E-state index is 0.673. The predicted octanol–water partition coefficient (Wildman–Crippen LogP) is 12.3. The summed E-state index contributed by atoms with van der Waals surface area (Å²) in [6.45, 7) is 0. The summed E-state index contributed by atoms with van der Waals surface area (Å²) in [6.07, 6.45) is 6.10. The zero-order valence-corrected chi connectivity index (χ0v) is 27.8. The zero-order chi connectivity index (χ0) is 33.7. The monoisotopic (exact) mass is 653 g/mol. The summed E-state index contributed by atoms with van der Waals surface area (Å²) < 4.78 is 6.43. The van der Waals surface area contributed by atoms with E-state index >= 15 is 0 Å². The molecule has 4 nitrogen and oxygen atoms in total. The van der Waals surface area contributed by atoms with E-state index in [-0.39, 0.29) is 0 Å². The Morgan fingerprint density at radius 3 is 1.63 bits per heavy atom. The maximum Gasteiger partial charge on any atom is 0.164 e. The van der Waals surface area contributed by atoms with Gasteiger partial charge in [0.1, 0.15) is 11.2 Å². The molecule has 10 rings (SSSR count). The molecule has 9 aromatic rings. The van der Waals surface area contributed by atoms with Crippen molar-refractivity contribution in [1.82, 2.24) is 15.0 Å². The lowest BCUT2D eigenvalue weighted by Gasteiger charge is -2.17. The van der Waals surface area contributed by atoms with Crippen molar-refractivity contribution in [1.29, 1.82) is 0 Å². The van der Waals surface area contributed by atoms with Gasteiger partial charge in [0.2, 0.25) is 0 Å². The summed E-state index contributed by atoms with van der Waals surface area (Å²) >= 11 is 0. The van der Waals surface area contributed by atoms with Gasteiger partial charge in [-0.15, -0.1) is 0 Å². The van der Waals surface area contributed by atoms with Crippen LogP contribution >= 0.6 is 0 Å². The summed E-state index contributed by atoms with van der Waals surface area (Å²) in [5.41, 5.74) is 9.63. The molecule has 0 spiro atoms. The van der Waals surface area contributed by atoms with Gasteiger partial charge in [-0.05, 0) is 92.6 Å². The first-order valence-electron chi connectivity index (χ1n) is 17.4. The Kier molecular flexibility index (Phi) is 6.91. The van der Waals surface area contributed by atoms with E-state index in [1.54, 1.807) is 0 Å². The number of rotatable bonds is 5. The van der Waals surface area contributed by atoms with Crippen molar-refractivity contribution < 1.29 is 4.42 Å². The molecule has 0 amide bonds. The Bertz CT molecular complexity index is 2770. The molecule has 0 saturated carbocycles. The Balaban J connectivity index is 1.12. The third kappa shape index (κ3) is 5.29. The van der Waals surface area contributed by atoms with E-state index in [1.165, 1.54) is 27.5 Å². The Morgan fingerprint density at radius 2 is 0.961 bits per heavy atom. The van der Waals surface area contributed by atoms with Crippen molar-refractivity contribution in [3.8, 4) is 33.9 Å². The molecule has 0 fully saturated rings. The normalized spacial score (nSPS) is 13.2. The van der Waals surface area contributed by atoms with Gasteiger partial charge in [0, 0.05) is 21.9 Å². The molecule has 0 aliphatic heterocycles. The highest BCUT2D eigenvalue weighted by Gasteiger charge is 2.21. The molecule has 240 valence electrons. The van der Waals surface area contributed by atoms with Crippen LogP contribution in [0.3, 0.4) is 0 Å². The fraction of sp³-hybridized carbons (Fsp3) is 0.0426. The molecule has 2 aromatic heterocycles. The van der Waals surface area contributed by atoms with Gasteiger partial charge in [0.05, 0.1) is 0 Å². The van der Waals surface area contributed by atoms with Gasteiger partial charge in [-0.3, -0.25) is 0 Å². The van der Waals surface area contributed by atoms with Gasteiger partial charge in [-0.25, -0.2) is 15.0 Å². The molecule has 51 heavy (non-hydrogen) atoms. The summed E-state index contributed by atoms with van der Waals surface area (Å²) in [4.78, 5) is 15.3. The molecule has 7 aromatic carbocycles. The fourth-order valence-electron chi connectivity index (χ4n) is 7.39. The van der Waals surface area contributed by atoms with E-state index in [4.69, 9.17) is 19.4 Å². The lowest BCUT2D eigenvalue weighted by atomic mass is 9.88. The van der Waals surface area contributed by atoms with Gasteiger partial charge in [-0.1, -0.05) is 133 Å². The van der Waals surface area contributed by atoms with Crippen LogP contribution in [0.1, 0.15) is 24.2 Å². The van der Waals surface area contributed by atoms with E-state index in [9.17, 15) is 0 Å². The fourth-order valence-corrected chi connectivity index (χ4v) is 7.39. The van der Waals surface area contributed by atoms with Gasteiger partial charge in [0.25, 0.3) is 0 Å². The van der Waals surface area contributed by atoms with Crippen LogP contribution in [0.15, 0.2) is 168 Å². The van der Waals surface area contributed by atoms with Crippen molar-refractivity contribution in [2.24, 2.45) is 0 Å². The number of para-hydroxylation sites is 1. The van der Waals surface area contributed by atoms with Crippen LogP contribution in [-0.2, 0) is 0 Å². The molecule has 1 aliphatic rings. The smallest absolute Gasteiger partial charge is 0.164 e. The van der Waals surface area contributed by atoms with Crippen molar-refractivity contribution in [3.05, 3.63) is 175 Å². The van der Waals surface area contributed by atoms with Crippen LogP contribution in [0.4, 0.5) is 0 Å². The molecule has 0 unspecified atom stereocenters.